The molecule has 6 nitrogen and oxygen atoms in total. The Morgan fingerprint density at radius 1 is 0.857 bits per heavy atom. The highest BCUT2D eigenvalue weighted by Crippen LogP contribution is 1.96. The van der Waals surface area contributed by atoms with Crippen LogP contribution in [0.15, 0.2) is 49.1 Å². The summed E-state index contributed by atoms with van der Waals surface area (Å²) < 4.78 is 3.62. The summed E-state index contributed by atoms with van der Waals surface area (Å²) in [6, 6.07) is 6.48. The predicted molar refractivity (Wildman–Crippen MR) is 71.8 cm³/mol. The molecule has 0 aromatic carbocycles. The van der Waals surface area contributed by atoms with Crippen molar-refractivity contribution in [3.05, 3.63) is 60.2 Å². The van der Waals surface area contributed by atoms with E-state index in [9.17, 15) is 9.59 Å². The fraction of sp³-hybridized carbons (Fsp3) is 0.200. The number of aryl methyl sites for hydroxylation is 2. The highest BCUT2D eigenvalue weighted by molar-refractivity contribution is 5.87. The molecule has 0 unspecified atom stereocenters. The van der Waals surface area contributed by atoms with Crippen molar-refractivity contribution < 1.29 is 28.9 Å². The van der Waals surface area contributed by atoms with Crippen molar-refractivity contribution in [2.45, 2.75) is 19.5 Å². The first-order valence-electron chi connectivity index (χ1n) is 6.51. The lowest BCUT2D eigenvalue weighted by molar-refractivity contribution is -0.727. The molecule has 2 N–H and O–H groups in total. The predicted octanol–water partition coefficient (Wildman–Crippen LogP) is 0.748. The van der Waals surface area contributed by atoms with Crippen molar-refractivity contribution in [3.8, 4) is 0 Å². The Labute approximate surface area is 121 Å². The van der Waals surface area contributed by atoms with E-state index in [1.54, 1.807) is 36.7 Å². The number of carboxylic acids is 2. The van der Waals surface area contributed by atoms with E-state index in [1.165, 1.54) is 0 Å². The average molecular weight is 288 g/mol. The van der Waals surface area contributed by atoms with Crippen LogP contribution in [0.2, 0.25) is 0 Å². The van der Waals surface area contributed by atoms with Crippen molar-refractivity contribution in [2.75, 3.05) is 0 Å². The largest absolute Gasteiger partial charge is 0.477 e. The number of pyridine rings is 2. The summed E-state index contributed by atoms with van der Waals surface area (Å²) in [5.74, 6) is -1.90. The molecule has 0 radical (unpaired) electrons. The van der Waals surface area contributed by atoms with Gasteiger partial charge < -0.3 is 10.2 Å². The summed E-state index contributed by atoms with van der Waals surface area (Å²) >= 11 is 0. The van der Waals surface area contributed by atoms with Crippen LogP contribution in [0.25, 0.3) is 0 Å². The molecular formula is C15H16N2O4+2. The summed E-state index contributed by atoms with van der Waals surface area (Å²) in [5, 5.41) is 17.8. The molecule has 2 aromatic rings. The molecular weight excluding hydrogens is 272 g/mol. The van der Waals surface area contributed by atoms with Crippen molar-refractivity contribution in [1.29, 1.82) is 0 Å². The van der Waals surface area contributed by atoms with E-state index in [1.807, 2.05) is 21.5 Å². The van der Waals surface area contributed by atoms with Gasteiger partial charge in [-0.15, -0.1) is 0 Å². The quantitative estimate of drug-likeness (QED) is 0.768. The Kier molecular flexibility index (Phi) is 4.61. The van der Waals surface area contributed by atoms with Crippen LogP contribution in [0, 0.1) is 0 Å². The topological polar surface area (TPSA) is 82.4 Å². The van der Waals surface area contributed by atoms with Gasteiger partial charge in [0, 0.05) is 12.1 Å². The van der Waals surface area contributed by atoms with Gasteiger partial charge in [0.25, 0.3) is 0 Å². The van der Waals surface area contributed by atoms with Crippen LogP contribution in [0.1, 0.15) is 27.1 Å². The Bertz CT molecular complexity index is 613. The summed E-state index contributed by atoms with van der Waals surface area (Å²) in [7, 11) is 0. The molecule has 0 atom stereocenters. The second kappa shape index (κ2) is 6.60. The van der Waals surface area contributed by atoms with Crippen LogP contribution in [-0.4, -0.2) is 22.2 Å². The molecule has 21 heavy (non-hydrogen) atoms. The summed E-state index contributed by atoms with van der Waals surface area (Å²) in [6.07, 6.45) is 7.55. The first-order chi connectivity index (χ1) is 10.1. The molecule has 6 heteroatoms. The highest BCUT2D eigenvalue weighted by Gasteiger charge is 2.11. The van der Waals surface area contributed by atoms with Gasteiger partial charge >= 0.3 is 11.9 Å². The SMILES string of the molecule is O=C(O)c1ccc[n+](CCC[n+]2cccc(C(=O)O)c2)c1. The summed E-state index contributed by atoms with van der Waals surface area (Å²) in [4.78, 5) is 21.8. The van der Waals surface area contributed by atoms with Gasteiger partial charge in [-0.25, -0.2) is 18.7 Å². The van der Waals surface area contributed by atoms with Crippen LogP contribution >= 0.6 is 0 Å². The minimum atomic E-state index is -0.951. The van der Waals surface area contributed by atoms with Crippen LogP contribution in [0.4, 0.5) is 0 Å². The van der Waals surface area contributed by atoms with E-state index in [-0.39, 0.29) is 11.1 Å². The number of carbonyl (C=O) groups is 2. The van der Waals surface area contributed by atoms with Crippen LogP contribution in [-0.2, 0) is 13.1 Å². The number of nitrogens with zero attached hydrogens (tertiary/aromatic N) is 2. The number of rotatable bonds is 6. The molecule has 0 spiro atoms. The van der Waals surface area contributed by atoms with Crippen molar-refractivity contribution in [3.63, 3.8) is 0 Å². The maximum atomic E-state index is 10.9. The lowest BCUT2D eigenvalue weighted by Gasteiger charge is -1.98. The minimum Gasteiger partial charge on any atom is -0.477 e. The monoisotopic (exact) mass is 288 g/mol. The van der Waals surface area contributed by atoms with Gasteiger partial charge in [0.2, 0.25) is 0 Å². The molecule has 0 aliphatic carbocycles. The van der Waals surface area contributed by atoms with Crippen molar-refractivity contribution in [2.24, 2.45) is 0 Å². The third-order valence-corrected chi connectivity index (χ3v) is 3.04. The van der Waals surface area contributed by atoms with Crippen molar-refractivity contribution in [1.82, 2.24) is 0 Å². The molecule has 108 valence electrons. The fourth-order valence-corrected chi connectivity index (χ4v) is 2.01. The van der Waals surface area contributed by atoms with E-state index in [0.29, 0.717) is 13.1 Å². The zero-order chi connectivity index (χ0) is 15.2. The van der Waals surface area contributed by atoms with E-state index >= 15 is 0 Å². The number of aromatic carboxylic acids is 2. The average Bonchev–Trinajstić information content (AvgIpc) is 2.48. The molecule has 0 amide bonds. The van der Waals surface area contributed by atoms with E-state index in [2.05, 4.69) is 0 Å². The van der Waals surface area contributed by atoms with Gasteiger partial charge in [0.1, 0.15) is 11.1 Å². The van der Waals surface area contributed by atoms with Crippen LogP contribution < -0.4 is 9.13 Å². The maximum absolute atomic E-state index is 10.9. The van der Waals surface area contributed by atoms with Gasteiger partial charge in [-0.1, -0.05) is 0 Å². The van der Waals surface area contributed by atoms with Gasteiger partial charge in [-0.2, -0.15) is 0 Å². The molecule has 2 heterocycles. The van der Waals surface area contributed by atoms with Crippen molar-refractivity contribution >= 4 is 11.9 Å². The van der Waals surface area contributed by atoms with Gasteiger partial charge in [-0.05, 0) is 12.1 Å². The smallest absolute Gasteiger partial charge is 0.341 e. The van der Waals surface area contributed by atoms with Gasteiger partial charge in [0.15, 0.2) is 37.9 Å². The summed E-state index contributed by atoms with van der Waals surface area (Å²) in [5.41, 5.74) is 0.496. The lowest BCUT2D eigenvalue weighted by atomic mass is 10.2. The molecule has 2 aromatic heterocycles. The first-order valence-corrected chi connectivity index (χ1v) is 6.51. The first kappa shape index (κ1) is 14.6. The number of hydrogen-bond acceptors (Lipinski definition) is 2. The molecule has 0 bridgehead atoms. The normalized spacial score (nSPS) is 10.3. The third-order valence-electron chi connectivity index (χ3n) is 3.04. The molecule has 0 aliphatic heterocycles. The molecule has 0 saturated carbocycles. The Morgan fingerprint density at radius 2 is 1.29 bits per heavy atom. The van der Waals surface area contributed by atoms with E-state index in [0.717, 1.165) is 6.42 Å². The third kappa shape index (κ3) is 4.10. The number of carboxylic acid groups (broad SMARTS) is 2. The Hall–Kier alpha value is -2.76. The lowest BCUT2D eigenvalue weighted by Crippen LogP contribution is -2.39. The second-order valence-electron chi connectivity index (χ2n) is 4.62. The fourth-order valence-electron chi connectivity index (χ4n) is 2.01. The zero-order valence-corrected chi connectivity index (χ0v) is 11.3. The van der Waals surface area contributed by atoms with E-state index in [4.69, 9.17) is 10.2 Å². The maximum Gasteiger partial charge on any atom is 0.341 e. The molecule has 2 rings (SSSR count). The number of aromatic nitrogens is 2. The van der Waals surface area contributed by atoms with Crippen LogP contribution in [0.3, 0.4) is 0 Å². The standard InChI is InChI=1S/C15H14N2O4/c18-14(19)12-4-1-6-16(10-12)8-3-9-17-7-2-5-13(11-17)15(20)21/h1-2,4-7,10-11H,3,8-9H2/p+2. The molecule has 0 saturated heterocycles. The molecule has 0 aliphatic rings. The van der Waals surface area contributed by atoms with E-state index < -0.39 is 11.9 Å². The van der Waals surface area contributed by atoms with Gasteiger partial charge in [-0.3, -0.25) is 0 Å². The zero-order valence-electron chi connectivity index (χ0n) is 11.3. The Morgan fingerprint density at radius 3 is 1.67 bits per heavy atom. The number of hydrogen-bond donors (Lipinski definition) is 2. The Balaban J connectivity index is 1.95. The molecule has 0 fully saturated rings. The summed E-state index contributed by atoms with van der Waals surface area (Å²) in [6.45, 7) is 1.32. The van der Waals surface area contributed by atoms with Crippen LogP contribution in [0.5, 0.6) is 0 Å². The highest BCUT2D eigenvalue weighted by atomic mass is 16.4. The minimum absolute atomic E-state index is 0.248. The second-order valence-corrected chi connectivity index (χ2v) is 4.62. The van der Waals surface area contributed by atoms with Gasteiger partial charge in [0.05, 0.1) is 6.42 Å².